The first-order valence-corrected chi connectivity index (χ1v) is 11.1. The molecule has 0 saturated carbocycles. The molecule has 2 aromatic carbocycles. The van der Waals surface area contributed by atoms with Crippen molar-refractivity contribution in [3.05, 3.63) is 59.1 Å². The molecular formula is C20H27ClN3O3S+. The number of carbonyl (C=O) groups is 1. The van der Waals surface area contributed by atoms with Crippen LogP contribution in [0, 0.1) is 0 Å². The summed E-state index contributed by atoms with van der Waals surface area (Å²) in [6.07, 6.45) is 0. The van der Waals surface area contributed by atoms with Crippen molar-refractivity contribution in [1.82, 2.24) is 4.31 Å². The molecule has 0 heterocycles. The van der Waals surface area contributed by atoms with E-state index >= 15 is 0 Å². The molecule has 0 fully saturated rings. The van der Waals surface area contributed by atoms with Crippen molar-refractivity contribution < 1.29 is 18.5 Å². The zero-order valence-corrected chi connectivity index (χ0v) is 17.9. The Morgan fingerprint density at radius 2 is 1.79 bits per heavy atom. The first-order chi connectivity index (χ1) is 13.3. The van der Waals surface area contributed by atoms with E-state index in [9.17, 15) is 13.2 Å². The van der Waals surface area contributed by atoms with Crippen molar-refractivity contribution in [2.45, 2.75) is 31.7 Å². The second-order valence-electron chi connectivity index (χ2n) is 6.45. The molecule has 0 unspecified atom stereocenters. The largest absolute Gasteiger partial charge is 0.333 e. The van der Waals surface area contributed by atoms with Crippen LogP contribution in [0.25, 0.3) is 0 Å². The average Bonchev–Trinajstić information content (AvgIpc) is 2.67. The Labute approximate surface area is 171 Å². The van der Waals surface area contributed by atoms with Gasteiger partial charge in [0, 0.05) is 29.4 Å². The number of nitrogens with one attached hydrogen (secondary N) is 1. The van der Waals surface area contributed by atoms with Gasteiger partial charge in [-0.25, -0.2) is 8.42 Å². The highest BCUT2D eigenvalue weighted by molar-refractivity contribution is 7.89. The number of anilines is 1. The quantitative estimate of drug-likeness (QED) is 0.649. The second kappa shape index (κ2) is 10.0. The summed E-state index contributed by atoms with van der Waals surface area (Å²) in [5.74, 6) is -0.196. The Morgan fingerprint density at radius 1 is 1.14 bits per heavy atom. The maximum absolute atomic E-state index is 12.6. The third kappa shape index (κ3) is 5.78. The molecule has 0 aliphatic heterocycles. The van der Waals surface area contributed by atoms with Crippen molar-refractivity contribution >= 4 is 33.2 Å². The maximum Gasteiger partial charge on any atom is 0.279 e. The molecule has 3 N–H and O–H groups in total. The number of nitrogens with two attached hydrogens (primary N) is 1. The lowest BCUT2D eigenvalue weighted by Crippen LogP contribution is -2.86. The number of hydrogen-bond acceptors (Lipinski definition) is 3. The molecule has 152 valence electrons. The van der Waals surface area contributed by atoms with Crippen LogP contribution < -0.4 is 10.6 Å². The smallest absolute Gasteiger partial charge is 0.279 e. The molecule has 8 heteroatoms. The second-order valence-corrected chi connectivity index (χ2v) is 8.82. The third-order valence-electron chi connectivity index (χ3n) is 4.51. The number of benzene rings is 2. The molecule has 6 nitrogen and oxygen atoms in total. The molecule has 0 saturated heterocycles. The van der Waals surface area contributed by atoms with E-state index in [2.05, 4.69) is 5.32 Å². The summed E-state index contributed by atoms with van der Waals surface area (Å²) in [7, 11) is -3.56. The highest BCUT2D eigenvalue weighted by Gasteiger charge is 2.22. The Bertz CT molecular complexity index is 897. The summed E-state index contributed by atoms with van der Waals surface area (Å²) < 4.78 is 26.6. The van der Waals surface area contributed by atoms with Gasteiger partial charge < -0.3 is 10.6 Å². The van der Waals surface area contributed by atoms with E-state index < -0.39 is 10.0 Å². The van der Waals surface area contributed by atoms with Gasteiger partial charge in [-0.1, -0.05) is 43.6 Å². The number of amides is 1. The number of halogens is 1. The Kier molecular flexibility index (Phi) is 8.00. The number of nitrogens with zero attached hydrogens (tertiary/aromatic N) is 1. The minimum atomic E-state index is -3.56. The van der Waals surface area contributed by atoms with Crippen LogP contribution in [0.1, 0.15) is 32.4 Å². The number of hydrogen-bond donors (Lipinski definition) is 2. The van der Waals surface area contributed by atoms with E-state index in [1.807, 2.05) is 36.5 Å². The lowest BCUT2D eigenvalue weighted by atomic mass is 10.1. The van der Waals surface area contributed by atoms with Crippen molar-refractivity contribution in [2.24, 2.45) is 0 Å². The summed E-state index contributed by atoms with van der Waals surface area (Å²) in [6, 6.07) is 14.0. The summed E-state index contributed by atoms with van der Waals surface area (Å²) >= 11 is 5.90. The first-order valence-electron chi connectivity index (χ1n) is 9.26. The standard InChI is InChI=1S/C20H26ClN3O3S/c1-4-24(5-2)28(26,27)19-8-6-7-18(13-19)23-20(25)14-22-15(3)16-9-11-17(21)12-10-16/h6-13,15,22H,4-5,14H2,1-3H3,(H,23,25)/p+1/t15-/m1/s1. The van der Waals surface area contributed by atoms with Crippen LogP contribution in [-0.4, -0.2) is 38.3 Å². The summed E-state index contributed by atoms with van der Waals surface area (Å²) in [5, 5.41) is 5.36. The fraction of sp³-hybridized carbons (Fsp3) is 0.350. The topological polar surface area (TPSA) is 83.1 Å². The Morgan fingerprint density at radius 3 is 2.39 bits per heavy atom. The fourth-order valence-electron chi connectivity index (χ4n) is 2.85. The first kappa shape index (κ1) is 22.4. The van der Waals surface area contributed by atoms with E-state index in [0.717, 1.165) is 5.56 Å². The molecule has 28 heavy (non-hydrogen) atoms. The molecule has 0 aliphatic carbocycles. The van der Waals surface area contributed by atoms with Crippen molar-refractivity contribution in [2.75, 3.05) is 25.0 Å². The number of quaternary nitrogens is 1. The molecule has 1 amide bonds. The summed E-state index contributed by atoms with van der Waals surface area (Å²) in [4.78, 5) is 12.5. The van der Waals surface area contributed by atoms with Gasteiger partial charge in [0.1, 0.15) is 6.04 Å². The van der Waals surface area contributed by atoms with Gasteiger partial charge >= 0.3 is 0 Å². The van der Waals surface area contributed by atoms with Crippen LogP contribution in [-0.2, 0) is 14.8 Å². The van der Waals surface area contributed by atoms with E-state index in [0.29, 0.717) is 23.8 Å². The molecule has 0 radical (unpaired) electrons. The normalized spacial score (nSPS) is 12.8. The molecule has 0 aliphatic rings. The van der Waals surface area contributed by atoms with E-state index in [1.165, 1.54) is 16.4 Å². The highest BCUT2D eigenvalue weighted by atomic mass is 35.5. The zero-order valence-electron chi connectivity index (χ0n) is 16.4. The van der Waals surface area contributed by atoms with Gasteiger partial charge in [-0.15, -0.1) is 0 Å². The van der Waals surface area contributed by atoms with Gasteiger partial charge in [-0.05, 0) is 37.3 Å². The van der Waals surface area contributed by atoms with Gasteiger partial charge in [0.25, 0.3) is 5.91 Å². The van der Waals surface area contributed by atoms with Gasteiger partial charge in [-0.2, -0.15) is 4.31 Å². The molecule has 2 aromatic rings. The van der Waals surface area contributed by atoms with Crippen molar-refractivity contribution in [1.29, 1.82) is 0 Å². The van der Waals surface area contributed by atoms with Crippen LogP contribution in [0.4, 0.5) is 5.69 Å². The minimum Gasteiger partial charge on any atom is -0.333 e. The van der Waals surface area contributed by atoms with Gasteiger partial charge in [0.05, 0.1) is 4.90 Å². The van der Waals surface area contributed by atoms with Crippen molar-refractivity contribution in [3.63, 3.8) is 0 Å². The van der Waals surface area contributed by atoms with Gasteiger partial charge in [0.15, 0.2) is 6.54 Å². The molecule has 2 rings (SSSR count). The molecule has 0 aromatic heterocycles. The van der Waals surface area contributed by atoms with E-state index in [-0.39, 0.29) is 23.4 Å². The van der Waals surface area contributed by atoms with Crippen LogP contribution in [0.2, 0.25) is 5.02 Å². The lowest BCUT2D eigenvalue weighted by Gasteiger charge is -2.18. The molecular weight excluding hydrogens is 398 g/mol. The van der Waals surface area contributed by atoms with Crippen LogP contribution in [0.5, 0.6) is 0 Å². The highest BCUT2D eigenvalue weighted by Crippen LogP contribution is 2.19. The Balaban J connectivity index is 2.00. The maximum atomic E-state index is 12.6. The van der Waals surface area contributed by atoms with Crippen LogP contribution in [0.3, 0.4) is 0 Å². The van der Waals surface area contributed by atoms with Crippen LogP contribution >= 0.6 is 11.6 Å². The monoisotopic (exact) mass is 424 g/mol. The lowest BCUT2D eigenvalue weighted by molar-refractivity contribution is -0.682. The van der Waals surface area contributed by atoms with Gasteiger partial charge in [-0.3, -0.25) is 4.79 Å². The fourth-order valence-corrected chi connectivity index (χ4v) is 4.48. The minimum absolute atomic E-state index is 0.0948. The summed E-state index contributed by atoms with van der Waals surface area (Å²) in [5.41, 5.74) is 1.54. The van der Waals surface area contributed by atoms with Crippen LogP contribution in [0.15, 0.2) is 53.4 Å². The van der Waals surface area contributed by atoms with E-state index in [4.69, 9.17) is 11.6 Å². The zero-order chi connectivity index (χ0) is 20.7. The average molecular weight is 425 g/mol. The number of rotatable bonds is 9. The summed E-state index contributed by atoms with van der Waals surface area (Å²) in [6.45, 7) is 6.61. The number of carbonyl (C=O) groups excluding carboxylic acids is 1. The predicted octanol–water partition coefficient (Wildman–Crippen LogP) is 2.63. The third-order valence-corrected chi connectivity index (χ3v) is 6.81. The Hall–Kier alpha value is -1.93. The molecule has 1 atom stereocenters. The van der Waals surface area contributed by atoms with E-state index in [1.54, 1.807) is 26.0 Å². The number of sulfonamides is 1. The molecule has 0 spiro atoms. The van der Waals surface area contributed by atoms with Gasteiger partial charge in [0.2, 0.25) is 10.0 Å². The van der Waals surface area contributed by atoms with Crippen molar-refractivity contribution in [3.8, 4) is 0 Å². The SMILES string of the molecule is CCN(CC)S(=O)(=O)c1cccc(NC(=O)C[NH2+][C@H](C)c2ccc(Cl)cc2)c1. The molecule has 0 bridgehead atoms. The predicted molar refractivity (Wildman–Crippen MR) is 112 cm³/mol.